The van der Waals surface area contributed by atoms with Gasteiger partial charge in [0.05, 0.1) is 24.7 Å². The highest BCUT2D eigenvalue weighted by Gasteiger charge is 2.41. The molecule has 1 saturated carbocycles. The van der Waals surface area contributed by atoms with Gasteiger partial charge >= 0.3 is 6.18 Å². The summed E-state index contributed by atoms with van der Waals surface area (Å²) < 4.78 is 40.4. The van der Waals surface area contributed by atoms with Gasteiger partial charge in [0.15, 0.2) is 0 Å². The second kappa shape index (κ2) is 7.13. The van der Waals surface area contributed by atoms with Crippen molar-refractivity contribution in [2.45, 2.75) is 50.7 Å². The predicted molar refractivity (Wildman–Crippen MR) is 83.6 cm³/mol. The summed E-state index contributed by atoms with van der Waals surface area (Å²) in [6.45, 7) is 0.420. The van der Waals surface area contributed by atoms with Gasteiger partial charge in [-0.05, 0) is 32.2 Å². The Morgan fingerprint density at radius 1 is 1.25 bits per heavy atom. The molecule has 5 nitrogen and oxygen atoms in total. The molecule has 1 amide bonds. The number of amides is 1. The van der Waals surface area contributed by atoms with Crippen molar-refractivity contribution in [3.63, 3.8) is 0 Å². The van der Waals surface area contributed by atoms with Gasteiger partial charge in [0, 0.05) is 12.6 Å². The van der Waals surface area contributed by atoms with Gasteiger partial charge in [0.1, 0.15) is 5.82 Å². The third-order valence-electron chi connectivity index (χ3n) is 4.94. The lowest BCUT2D eigenvalue weighted by molar-refractivity contribution is -0.186. The molecular formula is C16H23F3N4O. The van der Waals surface area contributed by atoms with Crippen LogP contribution in [0.2, 0.25) is 0 Å². The van der Waals surface area contributed by atoms with Crippen LogP contribution >= 0.6 is 0 Å². The maximum absolute atomic E-state index is 12.8. The summed E-state index contributed by atoms with van der Waals surface area (Å²) >= 11 is 0. The Bertz CT molecular complexity index is 566. The van der Waals surface area contributed by atoms with Crippen molar-refractivity contribution in [3.05, 3.63) is 12.3 Å². The summed E-state index contributed by atoms with van der Waals surface area (Å²) in [7, 11) is 0. The van der Waals surface area contributed by atoms with Crippen LogP contribution in [0.25, 0.3) is 0 Å². The fraction of sp³-hybridized carbons (Fsp3) is 0.750. The molecular weight excluding hydrogens is 321 g/mol. The molecule has 1 atom stereocenters. The van der Waals surface area contributed by atoms with Gasteiger partial charge in [-0.3, -0.25) is 9.69 Å². The quantitative estimate of drug-likeness (QED) is 0.912. The Kier molecular flexibility index (Phi) is 5.12. The van der Waals surface area contributed by atoms with E-state index in [1.165, 1.54) is 0 Å². The fourth-order valence-electron chi connectivity index (χ4n) is 3.70. The smallest absolute Gasteiger partial charge is 0.310 e. The van der Waals surface area contributed by atoms with E-state index >= 15 is 0 Å². The highest BCUT2D eigenvalue weighted by Crippen LogP contribution is 2.33. The molecule has 1 aliphatic heterocycles. The first kappa shape index (κ1) is 17.3. The van der Waals surface area contributed by atoms with Gasteiger partial charge in [-0.15, -0.1) is 0 Å². The van der Waals surface area contributed by atoms with Crippen molar-refractivity contribution in [2.24, 2.45) is 5.92 Å². The molecule has 2 aliphatic rings. The van der Waals surface area contributed by atoms with Gasteiger partial charge in [-0.25, -0.2) is 4.68 Å². The molecule has 0 spiro atoms. The Morgan fingerprint density at radius 3 is 2.71 bits per heavy atom. The molecule has 1 aromatic rings. The lowest BCUT2D eigenvalue weighted by Gasteiger charge is -2.33. The monoisotopic (exact) mass is 344 g/mol. The van der Waals surface area contributed by atoms with E-state index in [1.54, 1.807) is 17.2 Å². The number of rotatable bonds is 4. The molecule has 2 fully saturated rings. The van der Waals surface area contributed by atoms with E-state index in [0.717, 1.165) is 25.7 Å². The molecule has 1 aliphatic carbocycles. The van der Waals surface area contributed by atoms with Crippen molar-refractivity contribution < 1.29 is 18.0 Å². The highest BCUT2D eigenvalue weighted by molar-refractivity contribution is 5.91. The summed E-state index contributed by atoms with van der Waals surface area (Å²) in [5, 5.41) is 7.09. The Labute approximate surface area is 139 Å². The van der Waals surface area contributed by atoms with Gasteiger partial charge in [0.2, 0.25) is 5.91 Å². The zero-order valence-electron chi connectivity index (χ0n) is 13.6. The second-order valence-corrected chi connectivity index (χ2v) is 6.76. The fourth-order valence-corrected chi connectivity index (χ4v) is 3.70. The van der Waals surface area contributed by atoms with Crippen LogP contribution < -0.4 is 5.32 Å². The van der Waals surface area contributed by atoms with Gasteiger partial charge in [0.25, 0.3) is 0 Å². The summed E-state index contributed by atoms with van der Waals surface area (Å²) in [5.74, 6) is -0.975. The first-order chi connectivity index (χ1) is 11.4. The van der Waals surface area contributed by atoms with Crippen LogP contribution in [0.15, 0.2) is 12.3 Å². The van der Waals surface area contributed by atoms with Crippen LogP contribution in [0.1, 0.15) is 44.6 Å². The van der Waals surface area contributed by atoms with Gasteiger partial charge in [-0.1, -0.05) is 12.8 Å². The Balaban J connectivity index is 1.55. The lowest BCUT2D eigenvalue weighted by atomic mass is 9.97. The molecule has 0 radical (unpaired) electrons. The van der Waals surface area contributed by atoms with Gasteiger partial charge < -0.3 is 5.32 Å². The summed E-state index contributed by atoms with van der Waals surface area (Å²) in [4.78, 5) is 13.8. The summed E-state index contributed by atoms with van der Waals surface area (Å²) in [5.41, 5.74) is 0. The zero-order chi connectivity index (χ0) is 17.2. The molecule has 24 heavy (non-hydrogen) atoms. The van der Waals surface area contributed by atoms with E-state index in [2.05, 4.69) is 10.4 Å². The van der Waals surface area contributed by atoms with E-state index in [4.69, 9.17) is 0 Å². The minimum Gasteiger partial charge on any atom is -0.310 e. The van der Waals surface area contributed by atoms with Crippen molar-refractivity contribution in [1.29, 1.82) is 0 Å². The van der Waals surface area contributed by atoms with Crippen LogP contribution in [-0.4, -0.2) is 46.4 Å². The summed E-state index contributed by atoms with van der Waals surface area (Å²) in [6, 6.07) is 2.05. The van der Waals surface area contributed by atoms with Gasteiger partial charge in [-0.2, -0.15) is 18.3 Å². The number of halogens is 3. The van der Waals surface area contributed by atoms with Crippen LogP contribution in [0, 0.1) is 5.92 Å². The number of anilines is 1. The Morgan fingerprint density at radius 2 is 2.00 bits per heavy atom. The average molecular weight is 344 g/mol. The number of hydrogen-bond donors (Lipinski definition) is 1. The normalized spacial score (nSPS) is 23.5. The minimum absolute atomic E-state index is 0.0115. The SMILES string of the molecule is O=C(CN1CCC[C@H](C(F)(F)F)C1)Nc1ccnn1C1CCCC1. The third-order valence-corrected chi connectivity index (χ3v) is 4.94. The predicted octanol–water partition coefficient (Wildman–Crippen LogP) is 3.21. The molecule has 0 bridgehead atoms. The van der Waals surface area contributed by atoms with E-state index in [9.17, 15) is 18.0 Å². The highest BCUT2D eigenvalue weighted by atomic mass is 19.4. The number of alkyl halides is 3. The summed E-state index contributed by atoms with van der Waals surface area (Å²) in [6.07, 6.45) is 2.49. The molecule has 3 rings (SSSR count). The number of carbonyl (C=O) groups excluding carboxylic acids is 1. The third kappa shape index (κ3) is 4.09. The average Bonchev–Trinajstić information content (AvgIpc) is 3.17. The molecule has 8 heteroatoms. The van der Waals surface area contributed by atoms with Crippen molar-refractivity contribution in [3.8, 4) is 0 Å². The van der Waals surface area contributed by atoms with Crippen LogP contribution in [0.5, 0.6) is 0 Å². The maximum Gasteiger partial charge on any atom is 0.393 e. The maximum atomic E-state index is 12.8. The minimum atomic E-state index is -4.18. The lowest BCUT2D eigenvalue weighted by Crippen LogP contribution is -2.44. The van der Waals surface area contributed by atoms with Crippen LogP contribution in [0.3, 0.4) is 0 Å². The molecule has 0 unspecified atom stereocenters. The molecule has 134 valence electrons. The number of hydrogen-bond acceptors (Lipinski definition) is 3. The van der Waals surface area contributed by atoms with Crippen LogP contribution in [-0.2, 0) is 4.79 Å². The van der Waals surface area contributed by atoms with E-state index in [-0.39, 0.29) is 25.4 Å². The number of likely N-dealkylation sites (tertiary alicyclic amines) is 1. The van der Waals surface area contributed by atoms with Crippen LogP contribution in [0.4, 0.5) is 19.0 Å². The number of aromatic nitrogens is 2. The largest absolute Gasteiger partial charge is 0.393 e. The number of carbonyl (C=O) groups is 1. The van der Waals surface area contributed by atoms with E-state index in [0.29, 0.717) is 24.8 Å². The second-order valence-electron chi connectivity index (χ2n) is 6.76. The van der Waals surface area contributed by atoms with E-state index < -0.39 is 12.1 Å². The number of piperidine rings is 1. The van der Waals surface area contributed by atoms with Crippen molar-refractivity contribution >= 4 is 11.7 Å². The molecule has 0 aromatic carbocycles. The molecule has 1 saturated heterocycles. The first-order valence-corrected chi connectivity index (χ1v) is 8.56. The number of nitrogens with one attached hydrogen (secondary N) is 1. The molecule has 2 heterocycles. The first-order valence-electron chi connectivity index (χ1n) is 8.56. The van der Waals surface area contributed by atoms with Crippen molar-refractivity contribution in [2.75, 3.05) is 25.0 Å². The Hall–Kier alpha value is -1.57. The standard InChI is InChI=1S/C16H23F3N4O/c17-16(18,19)12-4-3-9-22(10-12)11-15(24)21-14-7-8-20-23(14)13-5-1-2-6-13/h7-8,12-13H,1-6,9-11H2,(H,21,24)/t12-/m0/s1. The topological polar surface area (TPSA) is 50.2 Å². The zero-order valence-corrected chi connectivity index (χ0v) is 13.6. The number of nitrogens with zero attached hydrogens (tertiary/aromatic N) is 3. The van der Waals surface area contributed by atoms with E-state index in [1.807, 2.05) is 4.68 Å². The molecule has 1 N–H and O–H groups in total. The molecule has 1 aromatic heterocycles. The van der Waals surface area contributed by atoms with Crippen molar-refractivity contribution in [1.82, 2.24) is 14.7 Å².